The molecule has 8 aromatic rings. The van der Waals surface area contributed by atoms with Crippen LogP contribution in [0.2, 0.25) is 20.1 Å². The summed E-state index contributed by atoms with van der Waals surface area (Å²) >= 11 is 24.8. The van der Waals surface area contributed by atoms with Gasteiger partial charge in [-0.1, -0.05) is 46.4 Å². The van der Waals surface area contributed by atoms with Crippen molar-refractivity contribution in [3.05, 3.63) is 133 Å². The number of hydrogen-bond donors (Lipinski definition) is 7. The molecule has 1 fully saturated rings. The largest absolute Gasteiger partial charge is 0.391 e. The standard InChI is InChI=1S/C25H23Cl2FN4O3.C22H19Cl2FN4O2/c26-18-9-14(28)10-19(27)23(18)32-24-16-3-6-29-25(34)22(16)17-11-15(1-2-20(17)31-24)30-12-21(33)13-4-7-35-8-5-13;1-31-11-14(30)9-27-13-2-3-20-16(8-13)17-10-26-5-4-15(17)22(28-20)29-21-18(23)6-12(25)7-19(21)24/h1-3,6,9-11,13,21,30,33H,4-5,7-8,12H2,(H,29,34)(H,31,32);2-8,10,14,27,30H,9,11H2,1H3,(H,28,29). The van der Waals surface area contributed by atoms with E-state index in [1.165, 1.54) is 18.3 Å². The zero-order chi connectivity index (χ0) is 46.5. The summed E-state index contributed by atoms with van der Waals surface area (Å²) in [5.74, 6) is 0.0130. The summed E-state index contributed by atoms with van der Waals surface area (Å²) in [4.78, 5) is 29.3. The smallest absolute Gasteiger partial charge is 0.256 e. The Morgan fingerprint density at radius 2 is 1.30 bits per heavy atom. The van der Waals surface area contributed by atoms with Crippen molar-refractivity contribution in [1.82, 2.24) is 19.9 Å². The first-order chi connectivity index (χ1) is 31.9. The van der Waals surface area contributed by atoms with Gasteiger partial charge in [0.25, 0.3) is 5.56 Å². The Morgan fingerprint density at radius 3 is 1.91 bits per heavy atom. The summed E-state index contributed by atoms with van der Waals surface area (Å²) in [6.07, 6.45) is 5.51. The number of hydrogen-bond acceptors (Lipinski definition) is 12. The Balaban J connectivity index is 0.000000181. The van der Waals surface area contributed by atoms with Crippen molar-refractivity contribution >= 4 is 124 Å². The summed E-state index contributed by atoms with van der Waals surface area (Å²) < 4.78 is 37.5. The average Bonchev–Trinajstić information content (AvgIpc) is 3.30. The SMILES string of the molecule is COCC(O)CNc1ccc2nc(Nc3c(Cl)cc(F)cc3Cl)c3ccncc3c2c1.O=c1[nH]ccc2c(Nc3c(Cl)cc(F)cc3Cl)nc3ccc(NCC(O)C4CCOCC4)cc3c12. The first-order valence-electron chi connectivity index (χ1n) is 20.7. The van der Waals surface area contributed by atoms with Gasteiger partial charge in [0.1, 0.15) is 23.3 Å². The number of aliphatic hydroxyl groups excluding tert-OH is 2. The van der Waals surface area contributed by atoms with E-state index in [0.717, 1.165) is 58.0 Å². The first kappa shape index (κ1) is 46.9. The summed E-state index contributed by atoms with van der Waals surface area (Å²) in [5, 5.41) is 37.8. The van der Waals surface area contributed by atoms with Gasteiger partial charge in [-0.25, -0.2) is 18.7 Å². The minimum atomic E-state index is -0.617. The molecule has 0 saturated carbocycles. The number of methoxy groups -OCH3 is 1. The van der Waals surface area contributed by atoms with E-state index in [0.29, 0.717) is 71.0 Å². The van der Waals surface area contributed by atoms with E-state index in [4.69, 9.17) is 60.9 Å². The van der Waals surface area contributed by atoms with Crippen molar-refractivity contribution in [2.24, 2.45) is 5.92 Å². The van der Waals surface area contributed by atoms with E-state index in [-0.39, 0.29) is 38.2 Å². The van der Waals surface area contributed by atoms with E-state index in [2.05, 4.69) is 36.2 Å². The van der Waals surface area contributed by atoms with Gasteiger partial charge in [0, 0.05) is 90.3 Å². The Bertz CT molecular complexity index is 3080. The molecule has 0 aliphatic carbocycles. The number of aliphatic hydroxyl groups is 2. The van der Waals surface area contributed by atoms with Crippen LogP contribution in [0.4, 0.5) is 43.2 Å². The summed E-state index contributed by atoms with van der Waals surface area (Å²) in [7, 11) is 1.54. The van der Waals surface area contributed by atoms with Gasteiger partial charge in [0.05, 0.1) is 66.7 Å². The molecule has 1 aliphatic rings. The van der Waals surface area contributed by atoms with Crippen LogP contribution >= 0.6 is 46.4 Å². The van der Waals surface area contributed by atoms with Crippen LogP contribution in [0.1, 0.15) is 12.8 Å². The van der Waals surface area contributed by atoms with Crippen LogP contribution in [0.25, 0.3) is 43.4 Å². The number of ether oxygens (including phenoxy) is 2. The maximum absolute atomic E-state index is 13.6. The van der Waals surface area contributed by atoms with Gasteiger partial charge in [-0.05, 0) is 91.6 Å². The van der Waals surface area contributed by atoms with Gasteiger partial charge in [-0.15, -0.1) is 0 Å². The molecule has 19 heteroatoms. The van der Waals surface area contributed by atoms with E-state index < -0.39 is 23.8 Å². The minimum absolute atomic E-state index is 0.0949. The average molecular weight is 979 g/mol. The monoisotopic (exact) mass is 976 g/mol. The van der Waals surface area contributed by atoms with Crippen LogP contribution in [0.15, 0.2) is 96.2 Å². The van der Waals surface area contributed by atoms with Gasteiger partial charge in [-0.3, -0.25) is 9.78 Å². The molecule has 0 bridgehead atoms. The molecule has 0 spiro atoms. The third-order valence-corrected chi connectivity index (χ3v) is 12.2. The fraction of sp³-hybridized carbons (Fsp3) is 0.234. The highest BCUT2D eigenvalue weighted by Crippen LogP contribution is 2.39. The second-order valence-electron chi connectivity index (χ2n) is 15.5. The number of aromatic nitrogens is 4. The Kier molecular flexibility index (Phi) is 14.9. The van der Waals surface area contributed by atoms with Crippen LogP contribution in [0, 0.1) is 17.6 Å². The summed E-state index contributed by atoms with van der Waals surface area (Å²) in [5.41, 5.74) is 3.28. The lowest BCUT2D eigenvalue weighted by Crippen LogP contribution is -2.32. The Labute approximate surface area is 396 Å². The number of anilines is 6. The number of benzene rings is 4. The van der Waals surface area contributed by atoms with Gasteiger partial charge in [0.2, 0.25) is 0 Å². The highest BCUT2D eigenvalue weighted by molar-refractivity contribution is 6.40. The van der Waals surface area contributed by atoms with Crippen molar-refractivity contribution in [2.75, 3.05) is 61.3 Å². The molecule has 66 heavy (non-hydrogen) atoms. The molecule has 0 amide bonds. The molecule has 13 nitrogen and oxygen atoms in total. The molecule has 0 radical (unpaired) electrons. The van der Waals surface area contributed by atoms with E-state index >= 15 is 0 Å². The first-order valence-corrected chi connectivity index (χ1v) is 22.2. The second kappa shape index (κ2) is 20.9. The van der Waals surface area contributed by atoms with Crippen LogP contribution in [0.5, 0.6) is 0 Å². The molecule has 2 unspecified atom stereocenters. The Morgan fingerprint density at radius 1 is 0.742 bits per heavy atom. The summed E-state index contributed by atoms with van der Waals surface area (Å²) in [6.45, 7) is 2.33. The van der Waals surface area contributed by atoms with Crippen molar-refractivity contribution in [3.8, 4) is 0 Å². The van der Waals surface area contributed by atoms with Crippen molar-refractivity contribution in [3.63, 3.8) is 0 Å². The van der Waals surface area contributed by atoms with Crippen LogP contribution in [0.3, 0.4) is 0 Å². The maximum atomic E-state index is 13.6. The minimum Gasteiger partial charge on any atom is -0.391 e. The molecule has 1 aliphatic heterocycles. The van der Waals surface area contributed by atoms with Crippen LogP contribution in [-0.2, 0) is 9.47 Å². The number of nitrogens with zero attached hydrogens (tertiary/aromatic N) is 3. The molecule has 2 atom stereocenters. The molecule has 4 aromatic carbocycles. The number of rotatable bonds is 13. The third-order valence-electron chi connectivity index (χ3n) is 11.0. The number of pyridine rings is 4. The quantitative estimate of drug-likeness (QED) is 0.0545. The molecule has 1 saturated heterocycles. The number of aromatic amines is 1. The maximum Gasteiger partial charge on any atom is 0.256 e. The molecule has 7 N–H and O–H groups in total. The molecule has 5 heterocycles. The number of halogens is 6. The molecule has 9 rings (SSSR count). The zero-order valence-corrected chi connectivity index (χ0v) is 38.1. The third kappa shape index (κ3) is 10.6. The van der Waals surface area contributed by atoms with E-state index in [9.17, 15) is 23.8 Å². The molecular formula is C47H42Cl4F2N8O5. The lowest BCUT2D eigenvalue weighted by molar-refractivity contribution is 0.0131. The van der Waals surface area contributed by atoms with Gasteiger partial charge >= 0.3 is 0 Å². The Hall–Kier alpha value is -5.62. The number of fused-ring (bicyclic) bond motifs is 6. The van der Waals surface area contributed by atoms with Crippen molar-refractivity contribution in [2.45, 2.75) is 25.0 Å². The van der Waals surface area contributed by atoms with Gasteiger partial charge in [0.15, 0.2) is 0 Å². The number of H-pyrrole nitrogens is 1. The van der Waals surface area contributed by atoms with Crippen LogP contribution in [-0.4, -0.2) is 82.4 Å². The predicted molar refractivity (Wildman–Crippen MR) is 261 cm³/mol. The normalized spacial score (nSPS) is 14.0. The molecule has 342 valence electrons. The topological polar surface area (TPSA) is 179 Å². The van der Waals surface area contributed by atoms with E-state index in [1.807, 2.05) is 36.4 Å². The van der Waals surface area contributed by atoms with Crippen molar-refractivity contribution in [1.29, 1.82) is 0 Å². The van der Waals surface area contributed by atoms with Gasteiger partial charge < -0.3 is 45.9 Å². The molecular weight excluding hydrogens is 936 g/mol. The highest BCUT2D eigenvalue weighted by atomic mass is 35.5. The second-order valence-corrected chi connectivity index (χ2v) is 17.2. The molecule has 4 aromatic heterocycles. The lowest BCUT2D eigenvalue weighted by Gasteiger charge is -2.27. The number of nitrogens with one attached hydrogen (secondary N) is 5. The predicted octanol–water partition coefficient (Wildman–Crippen LogP) is 10.9. The fourth-order valence-electron chi connectivity index (χ4n) is 7.75. The van der Waals surface area contributed by atoms with Crippen molar-refractivity contribution < 1.29 is 28.5 Å². The fourth-order valence-corrected chi connectivity index (χ4v) is 8.86. The van der Waals surface area contributed by atoms with Crippen LogP contribution < -0.4 is 26.8 Å². The van der Waals surface area contributed by atoms with Gasteiger partial charge in [-0.2, -0.15) is 0 Å². The zero-order valence-electron chi connectivity index (χ0n) is 35.1. The highest BCUT2D eigenvalue weighted by Gasteiger charge is 2.22. The van der Waals surface area contributed by atoms with E-state index in [1.54, 1.807) is 31.6 Å². The lowest BCUT2D eigenvalue weighted by atomic mass is 9.94. The summed E-state index contributed by atoms with van der Waals surface area (Å²) in [6, 6.07) is 19.4.